The van der Waals surface area contributed by atoms with E-state index in [4.69, 9.17) is 0 Å². The lowest BCUT2D eigenvalue weighted by Crippen LogP contribution is -2.00. The molecule has 0 N–H and O–H groups in total. The summed E-state index contributed by atoms with van der Waals surface area (Å²) < 4.78 is 0. The van der Waals surface area contributed by atoms with Gasteiger partial charge < -0.3 is 0 Å². The molecule has 0 radical (unpaired) electrons. The van der Waals surface area contributed by atoms with Gasteiger partial charge >= 0.3 is 0 Å². The minimum absolute atomic E-state index is 0.212. The molecule has 0 saturated carbocycles. The van der Waals surface area contributed by atoms with Crippen molar-refractivity contribution < 1.29 is 4.79 Å². The van der Waals surface area contributed by atoms with E-state index >= 15 is 0 Å². The Morgan fingerprint density at radius 1 is 1.31 bits per heavy atom. The van der Waals surface area contributed by atoms with Crippen LogP contribution in [0.1, 0.15) is 45.4 Å². The van der Waals surface area contributed by atoms with Crippen molar-refractivity contribution in [3.05, 3.63) is 23.8 Å². The van der Waals surface area contributed by atoms with Crippen molar-refractivity contribution in [1.29, 1.82) is 0 Å². The Bertz CT molecular complexity index is 223. The third kappa shape index (κ3) is 3.58. The first kappa shape index (κ1) is 10.2. The molecule has 1 aliphatic carbocycles. The van der Waals surface area contributed by atoms with Gasteiger partial charge in [0.2, 0.25) is 0 Å². The molecule has 0 fully saturated rings. The van der Waals surface area contributed by atoms with Crippen LogP contribution in [0.5, 0.6) is 0 Å². The zero-order valence-electron chi connectivity index (χ0n) is 8.38. The molecule has 0 heterocycles. The highest BCUT2D eigenvalue weighted by Crippen LogP contribution is 2.17. The van der Waals surface area contributed by atoms with E-state index in [2.05, 4.69) is 6.08 Å². The summed E-state index contributed by atoms with van der Waals surface area (Å²) in [4.78, 5) is 11.5. The second-order valence-corrected chi connectivity index (χ2v) is 3.55. The summed E-state index contributed by atoms with van der Waals surface area (Å²) in [6, 6.07) is 0. The first-order valence-electron chi connectivity index (χ1n) is 5.20. The molecule has 1 nitrogen and oxygen atoms in total. The Balaban J connectivity index is 2.58. The quantitative estimate of drug-likeness (QED) is 0.592. The number of carbonyl (C=O) groups excluding carboxylic acids is 1. The van der Waals surface area contributed by atoms with Gasteiger partial charge in [0.15, 0.2) is 5.78 Å². The average molecular weight is 178 g/mol. The van der Waals surface area contributed by atoms with Gasteiger partial charge in [0.05, 0.1) is 0 Å². The van der Waals surface area contributed by atoms with Crippen LogP contribution in [0.2, 0.25) is 0 Å². The molecule has 1 rings (SSSR count). The summed E-state index contributed by atoms with van der Waals surface area (Å²) in [5.41, 5.74) is 1.03. The second-order valence-electron chi connectivity index (χ2n) is 3.55. The Hall–Kier alpha value is -0.850. The lowest BCUT2D eigenvalue weighted by Gasteiger charge is -2.08. The van der Waals surface area contributed by atoms with Gasteiger partial charge in [-0.1, -0.05) is 25.0 Å². The number of allylic oxidation sites excluding steroid dienone is 4. The van der Waals surface area contributed by atoms with Crippen LogP contribution in [-0.2, 0) is 4.79 Å². The number of rotatable bonds is 2. The fourth-order valence-electron chi connectivity index (χ4n) is 1.67. The predicted octanol–water partition coefficient (Wildman–Crippen LogP) is 3.41. The summed E-state index contributed by atoms with van der Waals surface area (Å²) in [6.07, 6.45) is 12.7. The summed E-state index contributed by atoms with van der Waals surface area (Å²) in [5, 5.41) is 0. The largest absolute Gasteiger partial charge is 0.290 e. The molecule has 0 spiro atoms. The molecule has 13 heavy (non-hydrogen) atoms. The van der Waals surface area contributed by atoms with Crippen LogP contribution in [-0.4, -0.2) is 5.78 Å². The summed E-state index contributed by atoms with van der Waals surface area (Å²) >= 11 is 0. The Morgan fingerprint density at radius 3 is 2.85 bits per heavy atom. The van der Waals surface area contributed by atoms with Crippen LogP contribution in [0.15, 0.2) is 23.8 Å². The lowest BCUT2D eigenvalue weighted by atomic mass is 9.97. The van der Waals surface area contributed by atoms with E-state index in [1.165, 1.54) is 25.7 Å². The molecule has 0 amide bonds. The van der Waals surface area contributed by atoms with Crippen molar-refractivity contribution in [3.8, 4) is 0 Å². The molecule has 1 aliphatic rings. The molecule has 0 unspecified atom stereocenters. The molecule has 0 aromatic carbocycles. The zero-order valence-corrected chi connectivity index (χ0v) is 8.38. The standard InChI is InChI=1S/C12H18O/c1-2-8-12(13)11-9-6-4-3-5-7-10-11/h2,8-9H,3-7,10H2,1H3/b8-2+,11-9-. The maximum atomic E-state index is 11.5. The van der Waals surface area contributed by atoms with Gasteiger partial charge in [0, 0.05) is 0 Å². The zero-order chi connectivity index (χ0) is 9.52. The first-order chi connectivity index (χ1) is 6.34. The summed E-state index contributed by atoms with van der Waals surface area (Å²) in [7, 11) is 0. The molecule has 1 heteroatoms. The molecule has 0 aromatic heterocycles. The van der Waals surface area contributed by atoms with E-state index in [0.29, 0.717) is 0 Å². The highest BCUT2D eigenvalue weighted by atomic mass is 16.1. The summed E-state index contributed by atoms with van der Waals surface area (Å²) in [6.45, 7) is 1.89. The van der Waals surface area contributed by atoms with E-state index in [0.717, 1.165) is 18.4 Å². The molecule has 0 atom stereocenters. The predicted molar refractivity (Wildman–Crippen MR) is 55.6 cm³/mol. The van der Waals surface area contributed by atoms with E-state index < -0.39 is 0 Å². The van der Waals surface area contributed by atoms with Gasteiger partial charge in [-0.3, -0.25) is 4.79 Å². The highest BCUT2D eigenvalue weighted by molar-refractivity contribution is 6.03. The van der Waals surface area contributed by atoms with Crippen molar-refractivity contribution in [1.82, 2.24) is 0 Å². The van der Waals surface area contributed by atoms with Crippen LogP contribution in [0.25, 0.3) is 0 Å². The Morgan fingerprint density at radius 2 is 2.08 bits per heavy atom. The monoisotopic (exact) mass is 178 g/mol. The minimum Gasteiger partial charge on any atom is -0.290 e. The Labute approximate surface area is 80.5 Å². The SMILES string of the molecule is C/C=C/C(=O)/C1=C\CCCCCC1. The van der Waals surface area contributed by atoms with Crippen LogP contribution in [0.3, 0.4) is 0 Å². The van der Waals surface area contributed by atoms with Crippen molar-refractivity contribution in [2.75, 3.05) is 0 Å². The molecular formula is C12H18O. The van der Waals surface area contributed by atoms with Crippen molar-refractivity contribution in [2.45, 2.75) is 45.4 Å². The van der Waals surface area contributed by atoms with Gasteiger partial charge in [-0.2, -0.15) is 0 Å². The van der Waals surface area contributed by atoms with Gasteiger partial charge in [0.25, 0.3) is 0 Å². The van der Waals surface area contributed by atoms with Crippen LogP contribution in [0.4, 0.5) is 0 Å². The Kier molecular flexibility index (Phi) is 4.52. The second kappa shape index (κ2) is 5.74. The third-order valence-corrected chi connectivity index (χ3v) is 2.43. The number of carbonyl (C=O) groups is 1. The summed E-state index contributed by atoms with van der Waals surface area (Å²) in [5.74, 6) is 0.212. The number of ketones is 1. The maximum Gasteiger partial charge on any atom is 0.181 e. The smallest absolute Gasteiger partial charge is 0.181 e. The molecule has 0 saturated heterocycles. The number of hydrogen-bond donors (Lipinski definition) is 0. The lowest BCUT2D eigenvalue weighted by molar-refractivity contribution is -0.111. The third-order valence-electron chi connectivity index (χ3n) is 2.43. The normalized spacial score (nSPS) is 23.3. The van der Waals surface area contributed by atoms with E-state index in [9.17, 15) is 4.79 Å². The van der Waals surface area contributed by atoms with Crippen molar-refractivity contribution in [3.63, 3.8) is 0 Å². The van der Waals surface area contributed by atoms with Crippen LogP contribution < -0.4 is 0 Å². The van der Waals surface area contributed by atoms with E-state index in [-0.39, 0.29) is 5.78 Å². The molecule has 0 aliphatic heterocycles. The van der Waals surface area contributed by atoms with E-state index in [1.54, 1.807) is 6.08 Å². The van der Waals surface area contributed by atoms with Gasteiger partial charge in [-0.25, -0.2) is 0 Å². The molecule has 72 valence electrons. The van der Waals surface area contributed by atoms with E-state index in [1.807, 2.05) is 13.0 Å². The number of hydrogen-bond acceptors (Lipinski definition) is 1. The average Bonchev–Trinajstić information content (AvgIpc) is 2.03. The highest BCUT2D eigenvalue weighted by Gasteiger charge is 2.07. The minimum atomic E-state index is 0.212. The van der Waals surface area contributed by atoms with Crippen molar-refractivity contribution in [2.24, 2.45) is 0 Å². The molecular weight excluding hydrogens is 160 g/mol. The first-order valence-corrected chi connectivity index (χ1v) is 5.20. The van der Waals surface area contributed by atoms with Gasteiger partial charge in [0.1, 0.15) is 0 Å². The molecule has 0 aromatic rings. The van der Waals surface area contributed by atoms with Crippen LogP contribution in [0, 0.1) is 0 Å². The fraction of sp³-hybridized carbons (Fsp3) is 0.583. The van der Waals surface area contributed by atoms with Crippen LogP contribution >= 0.6 is 0 Å². The topological polar surface area (TPSA) is 17.1 Å². The molecule has 0 bridgehead atoms. The fourth-order valence-corrected chi connectivity index (χ4v) is 1.67. The van der Waals surface area contributed by atoms with Gasteiger partial charge in [-0.05, 0) is 44.3 Å². The maximum absolute atomic E-state index is 11.5. The van der Waals surface area contributed by atoms with Crippen molar-refractivity contribution >= 4 is 5.78 Å². The van der Waals surface area contributed by atoms with Gasteiger partial charge in [-0.15, -0.1) is 0 Å².